The average Bonchev–Trinajstić information content (AvgIpc) is 2.68. The molecule has 0 unspecified atom stereocenters. The van der Waals surface area contributed by atoms with Gasteiger partial charge in [-0.3, -0.25) is 4.79 Å². The molecule has 0 fully saturated rings. The molecule has 0 aliphatic carbocycles. The van der Waals surface area contributed by atoms with Crippen molar-refractivity contribution >= 4 is 39.0 Å². The second-order valence-corrected chi connectivity index (χ2v) is 5.54. The number of rotatable bonds is 2. The maximum atomic E-state index is 12.0. The molecule has 5 heteroatoms. The van der Waals surface area contributed by atoms with Crippen molar-refractivity contribution < 1.29 is 4.79 Å². The normalized spacial score (nSPS) is 10.3. The summed E-state index contributed by atoms with van der Waals surface area (Å²) in [5, 5.41) is 4.73. The van der Waals surface area contributed by atoms with Gasteiger partial charge in [-0.2, -0.15) is 0 Å². The Labute approximate surface area is 112 Å². The van der Waals surface area contributed by atoms with Gasteiger partial charge in [0.05, 0.1) is 4.88 Å². The monoisotopic (exact) mass is 310 g/mol. The first kappa shape index (κ1) is 12.3. The van der Waals surface area contributed by atoms with Gasteiger partial charge in [-0.25, -0.2) is 4.98 Å². The predicted octanol–water partition coefficient (Wildman–Crippen LogP) is 3.77. The first-order chi connectivity index (χ1) is 8.08. The Morgan fingerprint density at radius 1 is 1.41 bits per heavy atom. The number of aryl methyl sites for hydroxylation is 2. The van der Waals surface area contributed by atoms with Crippen molar-refractivity contribution in [3.63, 3.8) is 0 Å². The van der Waals surface area contributed by atoms with Crippen molar-refractivity contribution in [2.45, 2.75) is 13.8 Å². The van der Waals surface area contributed by atoms with E-state index in [1.165, 1.54) is 11.3 Å². The van der Waals surface area contributed by atoms with Crippen LogP contribution in [0.2, 0.25) is 0 Å². The van der Waals surface area contributed by atoms with Crippen LogP contribution in [0.3, 0.4) is 0 Å². The summed E-state index contributed by atoms with van der Waals surface area (Å²) in [6.45, 7) is 3.84. The van der Waals surface area contributed by atoms with E-state index < -0.39 is 0 Å². The Bertz CT molecular complexity index is 565. The summed E-state index contributed by atoms with van der Waals surface area (Å²) < 4.78 is 0.903. The molecular formula is C12H11BrN2OS. The highest BCUT2D eigenvalue weighted by atomic mass is 79.9. The second kappa shape index (κ2) is 4.98. The lowest BCUT2D eigenvalue weighted by Crippen LogP contribution is -2.13. The molecule has 1 N–H and O–H groups in total. The molecule has 0 spiro atoms. The molecule has 0 saturated carbocycles. The SMILES string of the molecule is Cc1cc(Br)cnc1NC(=O)c1sccc1C. The smallest absolute Gasteiger partial charge is 0.267 e. The Morgan fingerprint density at radius 3 is 2.76 bits per heavy atom. The Hall–Kier alpha value is -1.20. The third kappa shape index (κ3) is 2.73. The van der Waals surface area contributed by atoms with Crippen molar-refractivity contribution in [1.82, 2.24) is 4.98 Å². The lowest BCUT2D eigenvalue weighted by Gasteiger charge is -2.06. The number of hydrogen-bond acceptors (Lipinski definition) is 3. The van der Waals surface area contributed by atoms with Gasteiger partial charge >= 0.3 is 0 Å². The van der Waals surface area contributed by atoms with Crippen molar-refractivity contribution in [3.8, 4) is 0 Å². The highest BCUT2D eigenvalue weighted by Gasteiger charge is 2.12. The summed E-state index contributed by atoms with van der Waals surface area (Å²) in [5.74, 6) is 0.501. The van der Waals surface area contributed by atoms with Crippen LogP contribution in [0.4, 0.5) is 5.82 Å². The van der Waals surface area contributed by atoms with Crippen molar-refractivity contribution in [2.75, 3.05) is 5.32 Å². The molecule has 0 bridgehead atoms. The topological polar surface area (TPSA) is 42.0 Å². The average molecular weight is 311 g/mol. The van der Waals surface area contributed by atoms with Gasteiger partial charge in [-0.05, 0) is 58.4 Å². The van der Waals surface area contributed by atoms with Gasteiger partial charge < -0.3 is 5.32 Å². The van der Waals surface area contributed by atoms with Gasteiger partial charge in [0.25, 0.3) is 5.91 Å². The minimum Gasteiger partial charge on any atom is -0.306 e. The number of amides is 1. The third-order valence-corrected chi connectivity index (χ3v) is 3.79. The molecule has 0 aliphatic heterocycles. The van der Waals surface area contributed by atoms with E-state index in [1.807, 2.05) is 31.4 Å². The fourth-order valence-electron chi connectivity index (χ4n) is 1.44. The maximum Gasteiger partial charge on any atom is 0.267 e. The van der Waals surface area contributed by atoms with Crippen molar-refractivity contribution in [3.05, 3.63) is 44.2 Å². The molecule has 2 rings (SSSR count). The standard InChI is InChI=1S/C12H11BrN2OS/c1-7-3-4-17-10(7)12(16)15-11-8(2)5-9(13)6-14-11/h3-6H,1-2H3,(H,14,15,16). The van der Waals surface area contributed by atoms with E-state index in [0.717, 1.165) is 20.5 Å². The van der Waals surface area contributed by atoms with Crippen LogP contribution in [0.25, 0.3) is 0 Å². The fraction of sp³-hybridized carbons (Fsp3) is 0.167. The fourth-order valence-corrected chi connectivity index (χ4v) is 2.71. The zero-order chi connectivity index (χ0) is 12.4. The van der Waals surface area contributed by atoms with Gasteiger partial charge in [-0.15, -0.1) is 11.3 Å². The molecular weight excluding hydrogens is 300 g/mol. The number of halogens is 1. The molecule has 2 aromatic rings. The number of carbonyl (C=O) groups excluding carboxylic acids is 1. The van der Waals surface area contributed by atoms with E-state index in [0.29, 0.717) is 5.82 Å². The molecule has 0 radical (unpaired) electrons. The Kier molecular flexibility index (Phi) is 3.59. The Morgan fingerprint density at radius 2 is 2.18 bits per heavy atom. The molecule has 0 aromatic carbocycles. The number of hydrogen-bond donors (Lipinski definition) is 1. The molecule has 3 nitrogen and oxygen atoms in total. The minimum absolute atomic E-state index is 0.101. The van der Waals surface area contributed by atoms with Crippen LogP contribution >= 0.6 is 27.3 Å². The predicted molar refractivity (Wildman–Crippen MR) is 73.7 cm³/mol. The van der Waals surface area contributed by atoms with E-state index in [1.54, 1.807) is 6.20 Å². The zero-order valence-electron chi connectivity index (χ0n) is 9.45. The lowest BCUT2D eigenvalue weighted by molar-refractivity contribution is 0.102. The van der Waals surface area contributed by atoms with Crippen molar-refractivity contribution in [1.29, 1.82) is 0 Å². The number of carbonyl (C=O) groups is 1. The summed E-state index contributed by atoms with van der Waals surface area (Å²) in [5.41, 5.74) is 1.92. The number of pyridine rings is 1. The van der Waals surface area contributed by atoms with Gasteiger partial charge in [0, 0.05) is 10.7 Å². The number of anilines is 1. The number of aromatic nitrogens is 1. The zero-order valence-corrected chi connectivity index (χ0v) is 11.9. The van der Waals surface area contributed by atoms with Gasteiger partial charge in [0.2, 0.25) is 0 Å². The second-order valence-electron chi connectivity index (χ2n) is 3.71. The van der Waals surface area contributed by atoms with Crippen LogP contribution in [0, 0.1) is 13.8 Å². The van der Waals surface area contributed by atoms with Crippen LogP contribution in [-0.2, 0) is 0 Å². The van der Waals surface area contributed by atoms with Crippen LogP contribution < -0.4 is 5.32 Å². The number of nitrogens with zero attached hydrogens (tertiary/aromatic N) is 1. The van der Waals surface area contributed by atoms with Crippen LogP contribution in [0.15, 0.2) is 28.2 Å². The third-order valence-electron chi connectivity index (χ3n) is 2.35. The summed E-state index contributed by atoms with van der Waals surface area (Å²) in [7, 11) is 0. The van der Waals surface area contributed by atoms with E-state index in [9.17, 15) is 4.79 Å². The van der Waals surface area contributed by atoms with Crippen LogP contribution in [0.5, 0.6) is 0 Å². The van der Waals surface area contributed by atoms with E-state index in [2.05, 4.69) is 26.2 Å². The molecule has 17 heavy (non-hydrogen) atoms. The lowest BCUT2D eigenvalue weighted by atomic mass is 10.2. The quantitative estimate of drug-likeness (QED) is 0.917. The van der Waals surface area contributed by atoms with Crippen molar-refractivity contribution in [2.24, 2.45) is 0 Å². The highest BCUT2D eigenvalue weighted by Crippen LogP contribution is 2.20. The van der Waals surface area contributed by atoms with Gasteiger partial charge in [-0.1, -0.05) is 0 Å². The number of thiophene rings is 1. The summed E-state index contributed by atoms with van der Waals surface area (Å²) >= 11 is 4.78. The summed E-state index contributed by atoms with van der Waals surface area (Å²) in [4.78, 5) is 16.9. The van der Waals surface area contributed by atoms with Gasteiger partial charge in [0.1, 0.15) is 5.82 Å². The van der Waals surface area contributed by atoms with E-state index in [-0.39, 0.29) is 5.91 Å². The van der Waals surface area contributed by atoms with Crippen LogP contribution in [0.1, 0.15) is 20.8 Å². The minimum atomic E-state index is -0.101. The first-order valence-corrected chi connectivity index (χ1v) is 6.73. The van der Waals surface area contributed by atoms with Crippen LogP contribution in [-0.4, -0.2) is 10.9 Å². The molecule has 0 atom stereocenters. The summed E-state index contributed by atoms with van der Waals surface area (Å²) in [6.07, 6.45) is 1.67. The summed E-state index contributed by atoms with van der Waals surface area (Å²) in [6, 6.07) is 3.85. The van der Waals surface area contributed by atoms with Gasteiger partial charge in [0.15, 0.2) is 0 Å². The molecule has 88 valence electrons. The molecule has 0 aliphatic rings. The molecule has 2 aromatic heterocycles. The first-order valence-electron chi connectivity index (χ1n) is 5.05. The maximum absolute atomic E-state index is 12.0. The van der Waals surface area contributed by atoms with E-state index in [4.69, 9.17) is 0 Å². The highest BCUT2D eigenvalue weighted by molar-refractivity contribution is 9.10. The molecule has 1 amide bonds. The molecule has 2 heterocycles. The molecule has 0 saturated heterocycles. The van der Waals surface area contributed by atoms with E-state index >= 15 is 0 Å². The number of nitrogens with one attached hydrogen (secondary N) is 1. The Balaban J connectivity index is 2.22. The largest absolute Gasteiger partial charge is 0.306 e.